The molecule has 1 saturated heterocycles. The van der Waals surface area contributed by atoms with E-state index in [4.69, 9.17) is 4.74 Å². The van der Waals surface area contributed by atoms with Gasteiger partial charge in [-0.1, -0.05) is 12.1 Å². The van der Waals surface area contributed by atoms with Crippen LogP contribution in [0.15, 0.2) is 46.8 Å². The van der Waals surface area contributed by atoms with Crippen molar-refractivity contribution in [1.82, 2.24) is 14.3 Å². The van der Waals surface area contributed by atoms with Crippen molar-refractivity contribution in [2.24, 2.45) is 5.92 Å². The normalized spacial score (nSPS) is 17.2. The van der Waals surface area contributed by atoms with E-state index in [-0.39, 0.29) is 22.9 Å². The van der Waals surface area contributed by atoms with E-state index in [0.717, 1.165) is 24.2 Å². The molecule has 7 heteroatoms. The fourth-order valence-corrected chi connectivity index (χ4v) is 4.12. The molecule has 0 radical (unpaired) electrons. The van der Waals surface area contributed by atoms with Crippen molar-refractivity contribution in [3.63, 3.8) is 0 Å². The molecule has 140 valence electrons. The Morgan fingerprint density at radius 3 is 3.15 bits per heavy atom. The zero-order valence-electron chi connectivity index (χ0n) is 15.1. The van der Waals surface area contributed by atoms with Gasteiger partial charge in [-0.05, 0) is 37.5 Å². The predicted molar refractivity (Wildman–Crippen MR) is 105 cm³/mol. The van der Waals surface area contributed by atoms with Gasteiger partial charge in [0.2, 0.25) is 0 Å². The van der Waals surface area contributed by atoms with Gasteiger partial charge in [-0.3, -0.25) is 14.0 Å². The minimum absolute atomic E-state index is 0.131. The monoisotopic (exact) mass is 383 g/mol. The van der Waals surface area contributed by atoms with E-state index in [9.17, 15) is 9.59 Å². The lowest BCUT2D eigenvalue weighted by Gasteiger charge is -2.32. The van der Waals surface area contributed by atoms with Gasteiger partial charge in [0.05, 0.1) is 6.61 Å². The first kappa shape index (κ1) is 17.7. The van der Waals surface area contributed by atoms with Crippen molar-refractivity contribution in [2.45, 2.75) is 19.8 Å². The Kier molecular flexibility index (Phi) is 4.94. The smallest absolute Gasteiger partial charge is 0.271 e. The number of amides is 1. The van der Waals surface area contributed by atoms with Gasteiger partial charge < -0.3 is 9.64 Å². The van der Waals surface area contributed by atoms with Crippen LogP contribution in [0.4, 0.5) is 0 Å². The molecule has 3 aromatic rings. The third kappa shape index (κ3) is 3.73. The number of ether oxygens (including phenoxy) is 1. The van der Waals surface area contributed by atoms with E-state index in [1.807, 2.05) is 31.2 Å². The topological polar surface area (TPSA) is 63.9 Å². The summed E-state index contributed by atoms with van der Waals surface area (Å²) in [7, 11) is 0. The van der Waals surface area contributed by atoms with Gasteiger partial charge in [0.15, 0.2) is 4.96 Å². The van der Waals surface area contributed by atoms with Gasteiger partial charge in [0.1, 0.15) is 11.3 Å². The summed E-state index contributed by atoms with van der Waals surface area (Å²) in [6, 6.07) is 7.96. The zero-order chi connectivity index (χ0) is 18.8. The van der Waals surface area contributed by atoms with E-state index < -0.39 is 0 Å². The quantitative estimate of drug-likeness (QED) is 0.695. The average molecular weight is 383 g/mol. The van der Waals surface area contributed by atoms with Crippen LogP contribution < -0.4 is 10.3 Å². The summed E-state index contributed by atoms with van der Waals surface area (Å²) in [5, 5.41) is 1.79. The highest BCUT2D eigenvalue weighted by atomic mass is 32.1. The maximum atomic E-state index is 12.9. The second-order valence-corrected chi connectivity index (χ2v) is 7.79. The maximum Gasteiger partial charge on any atom is 0.271 e. The molecular weight excluding hydrogens is 362 g/mol. The number of aromatic nitrogens is 2. The largest absolute Gasteiger partial charge is 0.493 e. The highest BCUT2D eigenvalue weighted by Crippen LogP contribution is 2.20. The molecule has 1 aliphatic rings. The molecule has 0 N–H and O–H groups in total. The third-order valence-corrected chi connectivity index (χ3v) is 5.63. The lowest BCUT2D eigenvalue weighted by atomic mass is 9.98. The van der Waals surface area contributed by atoms with Crippen molar-refractivity contribution < 1.29 is 9.53 Å². The van der Waals surface area contributed by atoms with Gasteiger partial charge >= 0.3 is 0 Å². The number of rotatable bonds is 4. The first-order valence-electron chi connectivity index (χ1n) is 9.05. The predicted octanol–water partition coefficient (Wildman–Crippen LogP) is 3.00. The molecule has 2 aromatic heterocycles. The number of hydrogen-bond acceptors (Lipinski definition) is 5. The van der Waals surface area contributed by atoms with Crippen LogP contribution in [-0.2, 0) is 0 Å². The zero-order valence-corrected chi connectivity index (χ0v) is 15.9. The summed E-state index contributed by atoms with van der Waals surface area (Å²) in [6.45, 7) is 3.85. The Balaban J connectivity index is 1.44. The third-order valence-electron chi connectivity index (χ3n) is 4.85. The van der Waals surface area contributed by atoms with Crippen molar-refractivity contribution >= 4 is 22.2 Å². The molecule has 0 spiro atoms. The Labute approximate surface area is 161 Å². The molecule has 1 atom stereocenters. The van der Waals surface area contributed by atoms with Crippen LogP contribution in [0.1, 0.15) is 28.8 Å². The molecule has 3 heterocycles. The molecule has 1 unspecified atom stereocenters. The first-order chi connectivity index (χ1) is 13.1. The Bertz CT molecular complexity index is 1030. The van der Waals surface area contributed by atoms with Gasteiger partial charge in [-0.25, -0.2) is 4.98 Å². The van der Waals surface area contributed by atoms with Gasteiger partial charge in [0, 0.05) is 36.8 Å². The van der Waals surface area contributed by atoms with Crippen LogP contribution in [0, 0.1) is 12.8 Å². The molecule has 27 heavy (non-hydrogen) atoms. The molecule has 6 nitrogen and oxygen atoms in total. The number of hydrogen-bond donors (Lipinski definition) is 0. The Morgan fingerprint density at radius 1 is 1.41 bits per heavy atom. The molecule has 0 aliphatic carbocycles. The van der Waals surface area contributed by atoms with Gasteiger partial charge in [-0.2, -0.15) is 0 Å². The first-order valence-corrected chi connectivity index (χ1v) is 9.93. The summed E-state index contributed by atoms with van der Waals surface area (Å²) in [4.78, 5) is 32.0. The number of likely N-dealkylation sites (tertiary alicyclic amines) is 1. The number of fused-ring (bicyclic) bond motifs is 1. The van der Waals surface area contributed by atoms with Crippen molar-refractivity contribution in [3.05, 3.63) is 63.5 Å². The molecule has 1 aliphatic heterocycles. The van der Waals surface area contributed by atoms with Crippen molar-refractivity contribution in [1.29, 1.82) is 0 Å². The molecule has 0 saturated carbocycles. The lowest BCUT2D eigenvalue weighted by molar-refractivity contribution is 0.0631. The minimum Gasteiger partial charge on any atom is -0.493 e. The van der Waals surface area contributed by atoms with Crippen LogP contribution >= 0.6 is 11.3 Å². The van der Waals surface area contributed by atoms with Crippen LogP contribution in [0.3, 0.4) is 0 Å². The fraction of sp³-hybridized carbons (Fsp3) is 0.350. The number of nitrogens with zero attached hydrogens (tertiary/aromatic N) is 3. The van der Waals surface area contributed by atoms with E-state index in [1.165, 1.54) is 21.9 Å². The van der Waals surface area contributed by atoms with Gasteiger partial charge in [-0.15, -0.1) is 11.3 Å². The number of carbonyl (C=O) groups is 1. The number of thiazole rings is 1. The van der Waals surface area contributed by atoms with Crippen LogP contribution in [0.25, 0.3) is 4.96 Å². The number of benzene rings is 1. The standard InChI is InChI=1S/C20H21N3O3S/c1-14-4-2-6-16(10-14)26-13-15-5-3-7-22(12-15)18(24)17-11-21-20-23(19(17)25)8-9-27-20/h2,4,6,8-11,15H,3,5,7,12-13H2,1H3. The molecule has 1 fully saturated rings. The number of aryl methyl sites for hydroxylation is 1. The average Bonchev–Trinajstić information content (AvgIpc) is 3.16. The molecule has 1 amide bonds. The molecule has 4 rings (SSSR count). The van der Waals surface area contributed by atoms with Crippen LogP contribution in [0.2, 0.25) is 0 Å². The molecule has 1 aromatic carbocycles. The Hall–Kier alpha value is -2.67. The lowest BCUT2D eigenvalue weighted by Crippen LogP contribution is -2.43. The van der Waals surface area contributed by atoms with Crippen molar-refractivity contribution in [3.8, 4) is 5.75 Å². The fourth-order valence-electron chi connectivity index (χ4n) is 3.45. The van der Waals surface area contributed by atoms with E-state index in [0.29, 0.717) is 24.7 Å². The van der Waals surface area contributed by atoms with E-state index in [2.05, 4.69) is 4.98 Å². The highest BCUT2D eigenvalue weighted by molar-refractivity contribution is 7.15. The number of piperidine rings is 1. The second kappa shape index (κ2) is 7.52. The maximum absolute atomic E-state index is 12.9. The summed E-state index contributed by atoms with van der Waals surface area (Å²) >= 11 is 1.37. The van der Waals surface area contributed by atoms with Crippen LogP contribution in [-0.4, -0.2) is 39.9 Å². The summed E-state index contributed by atoms with van der Waals surface area (Å²) < 4.78 is 7.35. The summed E-state index contributed by atoms with van der Waals surface area (Å²) in [5.74, 6) is 0.862. The summed E-state index contributed by atoms with van der Waals surface area (Å²) in [5.41, 5.74) is 0.986. The second-order valence-electron chi connectivity index (χ2n) is 6.92. The molecule has 0 bridgehead atoms. The van der Waals surface area contributed by atoms with Crippen LogP contribution in [0.5, 0.6) is 5.75 Å². The summed E-state index contributed by atoms with van der Waals surface area (Å²) in [6.07, 6.45) is 4.98. The van der Waals surface area contributed by atoms with E-state index >= 15 is 0 Å². The van der Waals surface area contributed by atoms with E-state index in [1.54, 1.807) is 16.5 Å². The SMILES string of the molecule is Cc1cccc(OCC2CCCN(C(=O)c3cnc4sccn4c3=O)C2)c1. The minimum atomic E-state index is -0.301. The Morgan fingerprint density at radius 2 is 2.30 bits per heavy atom. The number of carbonyl (C=O) groups excluding carboxylic acids is 1. The van der Waals surface area contributed by atoms with Gasteiger partial charge in [0.25, 0.3) is 11.5 Å². The molecular formula is C20H21N3O3S. The highest BCUT2D eigenvalue weighted by Gasteiger charge is 2.27. The van der Waals surface area contributed by atoms with Crippen molar-refractivity contribution in [2.75, 3.05) is 19.7 Å².